The van der Waals surface area contributed by atoms with Crippen molar-refractivity contribution in [3.63, 3.8) is 0 Å². The van der Waals surface area contributed by atoms with Crippen molar-refractivity contribution in [2.45, 2.75) is 11.4 Å². The number of amides is 1. The number of anilines is 1. The molecule has 12 heteroatoms. The molecule has 0 aliphatic carbocycles. The summed E-state index contributed by atoms with van der Waals surface area (Å²) >= 11 is 1.57. The number of halogens is 1. The number of benzene rings is 2. The fraction of sp³-hybridized carbons (Fsp3) is 0.273. The van der Waals surface area contributed by atoms with Crippen LogP contribution in [0.1, 0.15) is 11.1 Å². The molecule has 0 spiro atoms. The first-order valence-corrected chi connectivity index (χ1v) is 10.9. The van der Waals surface area contributed by atoms with Crippen molar-refractivity contribution in [2.24, 2.45) is 0 Å². The number of carbonyl (C=O) groups is 1. The van der Waals surface area contributed by atoms with Crippen LogP contribution >= 0.6 is 11.8 Å². The maximum atomic E-state index is 14.7. The number of methoxy groups -OCH3 is 1. The number of aromatic hydroxyl groups is 1. The van der Waals surface area contributed by atoms with Crippen molar-refractivity contribution in [1.82, 2.24) is 4.90 Å². The topological polar surface area (TPSA) is 140 Å². The molecule has 3 rings (SSSR count). The number of nitro groups is 1. The highest BCUT2D eigenvalue weighted by molar-refractivity contribution is 7.99. The summed E-state index contributed by atoms with van der Waals surface area (Å²) in [5.41, 5.74) is -0.783. The Labute approximate surface area is 198 Å². The van der Waals surface area contributed by atoms with E-state index in [1.807, 2.05) is 11.9 Å². The fourth-order valence-corrected chi connectivity index (χ4v) is 4.60. The van der Waals surface area contributed by atoms with Crippen LogP contribution in [0.2, 0.25) is 0 Å². The van der Waals surface area contributed by atoms with Crippen LogP contribution in [-0.4, -0.2) is 59.4 Å². The third kappa shape index (κ3) is 4.69. The van der Waals surface area contributed by atoms with Gasteiger partial charge in [-0.25, -0.2) is 4.39 Å². The average molecular weight is 488 g/mol. The molecule has 1 aliphatic rings. The zero-order valence-electron chi connectivity index (χ0n) is 18.5. The predicted octanol–water partition coefficient (Wildman–Crippen LogP) is 3.44. The molecular weight excluding hydrogens is 467 g/mol. The van der Waals surface area contributed by atoms with E-state index in [2.05, 4.69) is 0 Å². The molecule has 1 aliphatic heterocycles. The van der Waals surface area contributed by atoms with E-state index >= 15 is 0 Å². The minimum atomic E-state index is -0.920. The van der Waals surface area contributed by atoms with Crippen molar-refractivity contribution >= 4 is 34.8 Å². The number of aliphatic hydroxyl groups is 1. The minimum absolute atomic E-state index is 0.181. The molecule has 0 fully saturated rings. The summed E-state index contributed by atoms with van der Waals surface area (Å²) in [6, 6.07) is 6.52. The second-order valence-electron chi connectivity index (χ2n) is 7.48. The van der Waals surface area contributed by atoms with E-state index in [4.69, 9.17) is 4.74 Å². The van der Waals surface area contributed by atoms with Crippen molar-refractivity contribution in [1.29, 1.82) is 5.26 Å². The number of aliphatic hydroxyl groups excluding tert-OH is 1. The van der Waals surface area contributed by atoms with E-state index in [1.54, 1.807) is 23.9 Å². The third-order valence-electron chi connectivity index (χ3n) is 5.29. The first kappa shape index (κ1) is 24.7. The zero-order valence-corrected chi connectivity index (χ0v) is 19.3. The molecule has 178 valence electrons. The van der Waals surface area contributed by atoms with Crippen molar-refractivity contribution in [2.75, 3.05) is 38.4 Å². The van der Waals surface area contributed by atoms with Gasteiger partial charge in [-0.3, -0.25) is 14.9 Å². The van der Waals surface area contributed by atoms with E-state index < -0.39 is 39.4 Å². The highest BCUT2D eigenvalue weighted by Crippen LogP contribution is 2.39. The van der Waals surface area contributed by atoms with Crippen LogP contribution < -0.4 is 9.64 Å². The Morgan fingerprint density at radius 3 is 2.74 bits per heavy atom. The number of hydrogen-bond acceptors (Lipinski definition) is 9. The first-order valence-electron chi connectivity index (χ1n) is 9.89. The molecule has 0 saturated heterocycles. The molecule has 2 aromatic carbocycles. The maximum absolute atomic E-state index is 14.7. The summed E-state index contributed by atoms with van der Waals surface area (Å²) in [7, 11) is 4.35. The molecule has 0 aromatic heterocycles. The normalized spacial score (nSPS) is 13.4. The van der Waals surface area contributed by atoms with Gasteiger partial charge in [0.15, 0.2) is 11.3 Å². The number of fused-ring (bicyclic) bond motifs is 1. The number of carbonyl (C=O) groups excluding carboxylic acids is 1. The Hall–Kier alpha value is -3.98. The van der Waals surface area contributed by atoms with Gasteiger partial charge in [-0.1, -0.05) is 0 Å². The molecule has 1 amide bonds. The van der Waals surface area contributed by atoms with Gasteiger partial charge in [0.25, 0.3) is 5.91 Å². The Morgan fingerprint density at radius 1 is 1.41 bits per heavy atom. The third-order valence-corrected chi connectivity index (χ3v) is 6.31. The van der Waals surface area contributed by atoms with Crippen molar-refractivity contribution in [3.8, 4) is 17.6 Å². The second kappa shape index (κ2) is 9.88. The molecule has 0 radical (unpaired) electrons. The number of phenolic OH excluding ortho intramolecular Hbond substituents is 1. The van der Waals surface area contributed by atoms with Crippen LogP contribution in [0.15, 0.2) is 34.7 Å². The number of phenols is 1. The monoisotopic (exact) mass is 488 g/mol. The number of nitrogens with zero attached hydrogens (tertiary/aromatic N) is 4. The van der Waals surface area contributed by atoms with Gasteiger partial charge in [0.1, 0.15) is 17.6 Å². The standard InChI is InChI=1S/C22H21FN4O6S/c1-25-4-5-34-19-8-13(15(23)9-16(19)25)11-26(2)22(30)14(10-24)20(28)12-6-17(27(31)32)21(29)18(7-12)33-3/h6-9,28-29H,4-5,11H2,1-3H3/b20-14-. The largest absolute Gasteiger partial charge is 0.506 e. The van der Waals surface area contributed by atoms with Gasteiger partial charge in [-0.05, 0) is 18.2 Å². The molecule has 0 bridgehead atoms. The summed E-state index contributed by atoms with van der Waals surface area (Å²) in [5, 5.41) is 41.2. The van der Waals surface area contributed by atoms with E-state index in [1.165, 1.54) is 13.1 Å². The van der Waals surface area contributed by atoms with Gasteiger partial charge >= 0.3 is 5.69 Å². The van der Waals surface area contributed by atoms with E-state index in [9.17, 15) is 34.8 Å². The number of likely N-dealkylation sites (N-methyl/N-ethyl adjacent to an activating group) is 1. The molecule has 0 atom stereocenters. The average Bonchev–Trinajstić information content (AvgIpc) is 2.80. The lowest BCUT2D eigenvalue weighted by Crippen LogP contribution is -2.29. The van der Waals surface area contributed by atoms with Crippen LogP contribution in [0.3, 0.4) is 0 Å². The lowest BCUT2D eigenvalue weighted by Gasteiger charge is -2.28. The zero-order chi connectivity index (χ0) is 25.2. The van der Waals surface area contributed by atoms with Crippen LogP contribution in [-0.2, 0) is 11.3 Å². The summed E-state index contributed by atoms with van der Waals surface area (Å²) in [6.07, 6.45) is 0. The number of hydrogen-bond donors (Lipinski definition) is 2. The van der Waals surface area contributed by atoms with Crippen LogP contribution in [0.4, 0.5) is 15.8 Å². The Balaban J connectivity index is 1.95. The number of thioether (sulfide) groups is 1. The summed E-state index contributed by atoms with van der Waals surface area (Å²) in [4.78, 5) is 27.1. The van der Waals surface area contributed by atoms with Crippen molar-refractivity contribution in [3.05, 3.63) is 56.9 Å². The lowest BCUT2D eigenvalue weighted by molar-refractivity contribution is -0.386. The SMILES string of the molecule is COc1cc(/C(O)=C(\C#N)C(=O)N(C)Cc2cc3c(cc2F)N(C)CCS3)cc([N+](=O)[O-])c1O. The second-order valence-corrected chi connectivity index (χ2v) is 8.62. The van der Waals surface area contributed by atoms with Gasteiger partial charge < -0.3 is 24.7 Å². The molecule has 1 heterocycles. The molecule has 2 aromatic rings. The predicted molar refractivity (Wildman–Crippen MR) is 123 cm³/mol. The van der Waals surface area contributed by atoms with Gasteiger partial charge in [0, 0.05) is 55.0 Å². The molecule has 0 saturated carbocycles. The van der Waals surface area contributed by atoms with Crippen LogP contribution in [0.25, 0.3) is 5.76 Å². The van der Waals surface area contributed by atoms with E-state index in [0.29, 0.717) is 0 Å². The summed E-state index contributed by atoms with van der Waals surface area (Å²) < 4.78 is 19.6. The van der Waals surface area contributed by atoms with Crippen LogP contribution in [0, 0.1) is 27.3 Å². The number of nitro benzene ring substituents is 1. The minimum Gasteiger partial charge on any atom is -0.506 e. The van der Waals surface area contributed by atoms with Gasteiger partial charge in [0.05, 0.1) is 17.7 Å². The van der Waals surface area contributed by atoms with E-state index in [0.717, 1.165) is 47.0 Å². The lowest BCUT2D eigenvalue weighted by atomic mass is 10.1. The molecule has 0 unspecified atom stereocenters. The quantitative estimate of drug-likeness (QED) is 0.206. The Bertz CT molecular complexity index is 1240. The van der Waals surface area contributed by atoms with Crippen molar-refractivity contribution < 1.29 is 29.1 Å². The summed E-state index contributed by atoms with van der Waals surface area (Å²) in [6.45, 7) is 0.602. The Morgan fingerprint density at radius 2 is 2.12 bits per heavy atom. The van der Waals surface area contributed by atoms with Gasteiger partial charge in [-0.2, -0.15) is 5.26 Å². The first-order chi connectivity index (χ1) is 16.1. The highest BCUT2D eigenvalue weighted by Gasteiger charge is 2.26. The fourth-order valence-electron chi connectivity index (χ4n) is 3.42. The van der Waals surface area contributed by atoms with Gasteiger partial charge in [0.2, 0.25) is 5.75 Å². The van der Waals surface area contributed by atoms with Gasteiger partial charge in [-0.15, -0.1) is 11.8 Å². The molecule has 2 N–H and O–H groups in total. The number of ether oxygens (including phenoxy) is 1. The highest BCUT2D eigenvalue weighted by atomic mass is 32.2. The van der Waals surface area contributed by atoms with E-state index in [-0.39, 0.29) is 23.4 Å². The summed E-state index contributed by atoms with van der Waals surface area (Å²) in [5.74, 6) is -2.54. The smallest absolute Gasteiger partial charge is 0.315 e. The number of nitriles is 1. The molecule has 10 nitrogen and oxygen atoms in total. The molecule has 34 heavy (non-hydrogen) atoms. The Kier molecular flexibility index (Phi) is 7.17. The molecular formula is C22H21FN4O6S. The van der Waals surface area contributed by atoms with Crippen LogP contribution in [0.5, 0.6) is 11.5 Å². The maximum Gasteiger partial charge on any atom is 0.315 e. The number of rotatable bonds is 6.